The van der Waals surface area contributed by atoms with E-state index in [4.69, 9.17) is 4.74 Å². The molecule has 1 aromatic rings. The summed E-state index contributed by atoms with van der Waals surface area (Å²) < 4.78 is 6.62. The Morgan fingerprint density at radius 2 is 1.81 bits per heavy atom. The lowest BCUT2D eigenvalue weighted by atomic mass is 10.1. The fourth-order valence-electron chi connectivity index (χ4n) is 1.18. The van der Waals surface area contributed by atoms with Crippen LogP contribution >= 0.6 is 22.6 Å². The van der Waals surface area contributed by atoms with Gasteiger partial charge in [-0.15, -0.1) is 0 Å². The number of halogens is 1. The number of rotatable bonds is 4. The van der Waals surface area contributed by atoms with Crippen molar-refractivity contribution in [2.75, 3.05) is 6.61 Å². The predicted molar refractivity (Wildman–Crippen MR) is 73.6 cm³/mol. The minimum absolute atomic E-state index is 0.121. The van der Waals surface area contributed by atoms with E-state index in [-0.39, 0.29) is 18.0 Å². The summed E-state index contributed by atoms with van der Waals surface area (Å²) in [5, 5.41) is 0. The molecule has 1 aromatic carbocycles. The molecule has 88 valence electrons. The van der Waals surface area contributed by atoms with Gasteiger partial charge in [0.25, 0.3) is 0 Å². The number of hydrogen-bond donors (Lipinski definition) is 0. The molecule has 0 amide bonds. The van der Waals surface area contributed by atoms with E-state index in [2.05, 4.69) is 22.6 Å². The van der Waals surface area contributed by atoms with Gasteiger partial charge in [-0.1, -0.05) is 12.1 Å². The van der Waals surface area contributed by atoms with Crippen molar-refractivity contribution in [3.05, 3.63) is 33.4 Å². The molecule has 0 heterocycles. The van der Waals surface area contributed by atoms with E-state index in [1.54, 1.807) is 0 Å². The number of carbonyl (C=O) groups is 1. The van der Waals surface area contributed by atoms with Crippen LogP contribution in [0.4, 0.5) is 0 Å². The Labute approximate surface area is 111 Å². The number of benzene rings is 1. The van der Waals surface area contributed by atoms with Gasteiger partial charge in [0.1, 0.15) is 6.61 Å². The molecule has 0 atom stereocenters. The molecular formula is C13H17IO2. The molecule has 0 aliphatic rings. The SMILES string of the molecule is CC(C)(C)OCC(=O)Cc1ccc(I)cc1. The fourth-order valence-corrected chi connectivity index (χ4v) is 1.54. The fraction of sp³-hybridized carbons (Fsp3) is 0.462. The quantitative estimate of drug-likeness (QED) is 0.792. The second-order valence-electron chi connectivity index (χ2n) is 4.74. The normalized spacial score (nSPS) is 11.5. The van der Waals surface area contributed by atoms with Crippen LogP contribution in [0.1, 0.15) is 26.3 Å². The highest BCUT2D eigenvalue weighted by atomic mass is 127. The van der Waals surface area contributed by atoms with Gasteiger partial charge >= 0.3 is 0 Å². The monoisotopic (exact) mass is 332 g/mol. The third kappa shape index (κ3) is 5.61. The average Bonchev–Trinajstić information content (AvgIpc) is 2.18. The molecule has 0 spiro atoms. The number of ether oxygens (including phenoxy) is 1. The van der Waals surface area contributed by atoms with Crippen LogP contribution in [0, 0.1) is 3.57 Å². The molecule has 1 rings (SSSR count). The lowest BCUT2D eigenvalue weighted by molar-refractivity contribution is -0.127. The second kappa shape index (κ2) is 5.77. The Morgan fingerprint density at radius 1 is 1.25 bits per heavy atom. The highest BCUT2D eigenvalue weighted by molar-refractivity contribution is 14.1. The van der Waals surface area contributed by atoms with E-state index < -0.39 is 0 Å². The van der Waals surface area contributed by atoms with Crippen LogP contribution in [0.25, 0.3) is 0 Å². The zero-order valence-electron chi connectivity index (χ0n) is 9.92. The lowest BCUT2D eigenvalue weighted by Gasteiger charge is -2.18. The first kappa shape index (κ1) is 13.6. The van der Waals surface area contributed by atoms with E-state index in [0.29, 0.717) is 6.42 Å². The first-order valence-electron chi connectivity index (χ1n) is 5.27. The summed E-state index contributed by atoms with van der Waals surface area (Å²) in [6.45, 7) is 6.04. The van der Waals surface area contributed by atoms with Crippen LogP contribution in [0.3, 0.4) is 0 Å². The van der Waals surface area contributed by atoms with Gasteiger partial charge in [-0.05, 0) is 61.1 Å². The molecule has 2 nitrogen and oxygen atoms in total. The maximum atomic E-state index is 11.6. The minimum atomic E-state index is -0.248. The smallest absolute Gasteiger partial charge is 0.162 e. The number of Topliss-reactive ketones (excluding diaryl/α,β-unsaturated/α-hetero) is 1. The van der Waals surface area contributed by atoms with Crippen LogP contribution in [0.15, 0.2) is 24.3 Å². The predicted octanol–water partition coefficient (Wildman–Crippen LogP) is 3.22. The van der Waals surface area contributed by atoms with Gasteiger partial charge in [-0.3, -0.25) is 4.79 Å². The van der Waals surface area contributed by atoms with Crippen molar-refractivity contribution in [3.63, 3.8) is 0 Å². The molecule has 0 radical (unpaired) electrons. The maximum Gasteiger partial charge on any atom is 0.162 e. The summed E-state index contributed by atoms with van der Waals surface area (Å²) in [6.07, 6.45) is 0.451. The Balaban J connectivity index is 2.43. The van der Waals surface area contributed by atoms with Gasteiger partial charge < -0.3 is 4.74 Å². The van der Waals surface area contributed by atoms with Crippen LogP contribution in [-0.4, -0.2) is 18.0 Å². The molecule has 0 aliphatic heterocycles. The largest absolute Gasteiger partial charge is 0.368 e. The first-order valence-corrected chi connectivity index (χ1v) is 6.35. The van der Waals surface area contributed by atoms with Gasteiger partial charge in [0.2, 0.25) is 0 Å². The summed E-state index contributed by atoms with van der Waals surface area (Å²) in [4.78, 5) is 11.6. The highest BCUT2D eigenvalue weighted by Crippen LogP contribution is 2.09. The van der Waals surface area contributed by atoms with Crippen molar-refractivity contribution in [2.45, 2.75) is 32.8 Å². The van der Waals surface area contributed by atoms with Crippen LogP contribution in [-0.2, 0) is 16.0 Å². The van der Waals surface area contributed by atoms with Crippen molar-refractivity contribution >= 4 is 28.4 Å². The summed E-state index contributed by atoms with van der Waals surface area (Å²) in [5.74, 6) is 0.121. The summed E-state index contributed by atoms with van der Waals surface area (Å²) in [6, 6.07) is 7.98. The highest BCUT2D eigenvalue weighted by Gasteiger charge is 2.13. The summed E-state index contributed by atoms with van der Waals surface area (Å²) in [5.41, 5.74) is 0.796. The van der Waals surface area contributed by atoms with E-state index >= 15 is 0 Å². The van der Waals surface area contributed by atoms with Gasteiger partial charge in [0, 0.05) is 9.99 Å². The third-order valence-corrected chi connectivity index (χ3v) is 2.70. The van der Waals surface area contributed by atoms with Crippen molar-refractivity contribution in [3.8, 4) is 0 Å². The Morgan fingerprint density at radius 3 is 2.31 bits per heavy atom. The molecule has 0 bridgehead atoms. The van der Waals surface area contributed by atoms with Crippen molar-refractivity contribution in [1.82, 2.24) is 0 Å². The Hall–Kier alpha value is -0.420. The van der Waals surface area contributed by atoms with E-state index in [1.165, 1.54) is 3.57 Å². The molecule has 0 unspecified atom stereocenters. The summed E-state index contributed by atoms with van der Waals surface area (Å²) >= 11 is 2.25. The molecule has 0 aromatic heterocycles. The van der Waals surface area contributed by atoms with Gasteiger partial charge in [0.15, 0.2) is 5.78 Å². The van der Waals surface area contributed by atoms with Crippen molar-refractivity contribution in [1.29, 1.82) is 0 Å². The molecule has 3 heteroatoms. The van der Waals surface area contributed by atoms with Crippen LogP contribution in [0.2, 0.25) is 0 Å². The number of hydrogen-bond acceptors (Lipinski definition) is 2. The zero-order valence-corrected chi connectivity index (χ0v) is 12.1. The third-order valence-electron chi connectivity index (χ3n) is 1.98. The first-order chi connectivity index (χ1) is 7.37. The van der Waals surface area contributed by atoms with E-state index in [1.807, 2.05) is 45.0 Å². The molecular weight excluding hydrogens is 315 g/mol. The lowest BCUT2D eigenvalue weighted by Crippen LogP contribution is -2.24. The van der Waals surface area contributed by atoms with E-state index in [0.717, 1.165) is 5.56 Å². The zero-order chi connectivity index (χ0) is 12.2. The van der Waals surface area contributed by atoms with Gasteiger partial charge in [0.05, 0.1) is 5.60 Å². The number of carbonyl (C=O) groups excluding carboxylic acids is 1. The van der Waals surface area contributed by atoms with Crippen LogP contribution < -0.4 is 0 Å². The van der Waals surface area contributed by atoms with Crippen LogP contribution in [0.5, 0.6) is 0 Å². The number of ketones is 1. The van der Waals surface area contributed by atoms with Gasteiger partial charge in [-0.25, -0.2) is 0 Å². The standard InChI is InChI=1S/C13H17IO2/c1-13(2,3)16-9-12(15)8-10-4-6-11(14)7-5-10/h4-7H,8-9H2,1-3H3. The van der Waals surface area contributed by atoms with Crippen molar-refractivity contribution < 1.29 is 9.53 Å². The molecule has 0 saturated heterocycles. The Bertz CT molecular complexity index is 349. The average molecular weight is 332 g/mol. The maximum absolute atomic E-state index is 11.6. The van der Waals surface area contributed by atoms with E-state index in [9.17, 15) is 4.79 Å². The van der Waals surface area contributed by atoms with Gasteiger partial charge in [-0.2, -0.15) is 0 Å². The molecule has 16 heavy (non-hydrogen) atoms. The summed E-state index contributed by atoms with van der Waals surface area (Å²) in [7, 11) is 0. The van der Waals surface area contributed by atoms with Crippen molar-refractivity contribution in [2.24, 2.45) is 0 Å². The minimum Gasteiger partial charge on any atom is -0.368 e. The topological polar surface area (TPSA) is 26.3 Å². The second-order valence-corrected chi connectivity index (χ2v) is 5.99. The molecule has 0 fully saturated rings. The molecule has 0 N–H and O–H groups in total. The Kier molecular flexibility index (Phi) is 4.92. The molecule has 0 aliphatic carbocycles. The molecule has 0 saturated carbocycles.